The topological polar surface area (TPSA) is 47.6 Å². The fourth-order valence-electron chi connectivity index (χ4n) is 2.65. The summed E-state index contributed by atoms with van der Waals surface area (Å²) in [5.41, 5.74) is 3.90. The second-order valence-electron chi connectivity index (χ2n) is 6.01. The van der Waals surface area contributed by atoms with Gasteiger partial charge in [0, 0.05) is 10.0 Å². The van der Waals surface area contributed by atoms with E-state index in [4.69, 9.17) is 9.47 Å². The van der Waals surface area contributed by atoms with Gasteiger partial charge in [0.25, 0.3) is 5.91 Å². The van der Waals surface area contributed by atoms with Crippen LogP contribution in [-0.4, -0.2) is 19.1 Å². The zero-order chi connectivity index (χ0) is 17.3. The summed E-state index contributed by atoms with van der Waals surface area (Å²) in [6.45, 7) is 7.09. The third-order valence-corrected chi connectivity index (χ3v) is 4.93. The summed E-state index contributed by atoms with van der Waals surface area (Å²) in [7, 11) is 0. The molecule has 1 aliphatic heterocycles. The molecule has 1 N–H and O–H groups in total. The van der Waals surface area contributed by atoms with E-state index in [-0.39, 0.29) is 11.9 Å². The molecule has 5 heteroatoms. The van der Waals surface area contributed by atoms with E-state index in [1.807, 2.05) is 51.1 Å². The van der Waals surface area contributed by atoms with Crippen molar-refractivity contribution < 1.29 is 14.3 Å². The van der Waals surface area contributed by atoms with Gasteiger partial charge in [-0.05, 0) is 61.7 Å². The minimum Gasteiger partial charge on any atom is -0.486 e. The Bertz CT molecular complexity index is 788. The number of amides is 1. The van der Waals surface area contributed by atoms with Crippen LogP contribution in [0.2, 0.25) is 0 Å². The summed E-state index contributed by atoms with van der Waals surface area (Å²) in [5, 5.41) is 3.04. The van der Waals surface area contributed by atoms with E-state index < -0.39 is 0 Å². The van der Waals surface area contributed by atoms with Crippen molar-refractivity contribution >= 4 is 21.8 Å². The van der Waals surface area contributed by atoms with Crippen molar-refractivity contribution in [2.75, 3.05) is 13.2 Å². The lowest BCUT2D eigenvalue weighted by Gasteiger charge is -2.22. The van der Waals surface area contributed by atoms with Crippen molar-refractivity contribution in [2.24, 2.45) is 0 Å². The second-order valence-corrected chi connectivity index (χ2v) is 6.87. The van der Waals surface area contributed by atoms with Gasteiger partial charge in [0.2, 0.25) is 0 Å². The van der Waals surface area contributed by atoms with E-state index in [9.17, 15) is 4.79 Å². The third kappa shape index (κ3) is 3.41. The monoisotopic (exact) mass is 389 g/mol. The third-order valence-electron chi connectivity index (χ3n) is 4.24. The summed E-state index contributed by atoms with van der Waals surface area (Å²) in [4.78, 5) is 12.5. The molecule has 0 saturated carbocycles. The Labute approximate surface area is 150 Å². The van der Waals surface area contributed by atoms with Gasteiger partial charge in [0.05, 0.1) is 6.04 Å². The lowest BCUT2D eigenvalue weighted by Crippen LogP contribution is -2.27. The molecule has 1 aliphatic rings. The van der Waals surface area contributed by atoms with Gasteiger partial charge in [0.1, 0.15) is 13.2 Å². The van der Waals surface area contributed by atoms with Gasteiger partial charge in [-0.2, -0.15) is 0 Å². The zero-order valence-electron chi connectivity index (χ0n) is 14.0. The average Bonchev–Trinajstić information content (AvgIpc) is 2.56. The Morgan fingerprint density at radius 1 is 1.08 bits per heavy atom. The number of fused-ring (bicyclic) bond motifs is 1. The van der Waals surface area contributed by atoms with Crippen LogP contribution in [0.3, 0.4) is 0 Å². The van der Waals surface area contributed by atoms with Crippen LogP contribution in [-0.2, 0) is 0 Å². The van der Waals surface area contributed by atoms with E-state index in [1.165, 1.54) is 5.56 Å². The first kappa shape index (κ1) is 16.8. The first-order valence-electron chi connectivity index (χ1n) is 7.93. The SMILES string of the molecule is Cc1ccc(C(=O)NC(C)c2cc3c(cc2Br)OCCO3)cc1C. The summed E-state index contributed by atoms with van der Waals surface area (Å²) in [6, 6.07) is 9.38. The Hall–Kier alpha value is -2.01. The molecule has 4 nitrogen and oxygen atoms in total. The predicted octanol–water partition coefficient (Wildman–Crippen LogP) is 4.33. The Kier molecular flexibility index (Phi) is 4.81. The first-order valence-corrected chi connectivity index (χ1v) is 8.72. The largest absolute Gasteiger partial charge is 0.486 e. The van der Waals surface area contributed by atoms with Crippen LogP contribution >= 0.6 is 15.9 Å². The summed E-state index contributed by atoms with van der Waals surface area (Å²) in [5.74, 6) is 1.35. The highest BCUT2D eigenvalue weighted by atomic mass is 79.9. The fourth-order valence-corrected chi connectivity index (χ4v) is 3.32. The number of hydrogen-bond donors (Lipinski definition) is 1. The van der Waals surface area contributed by atoms with Gasteiger partial charge in [-0.15, -0.1) is 0 Å². The molecule has 2 aromatic rings. The molecule has 126 valence electrons. The molecular weight excluding hydrogens is 370 g/mol. The molecule has 0 saturated heterocycles. The number of hydrogen-bond acceptors (Lipinski definition) is 3. The quantitative estimate of drug-likeness (QED) is 0.849. The van der Waals surface area contributed by atoms with Gasteiger partial charge < -0.3 is 14.8 Å². The number of benzene rings is 2. The Morgan fingerprint density at radius 2 is 1.75 bits per heavy atom. The molecule has 1 amide bonds. The molecule has 0 bridgehead atoms. The van der Waals surface area contributed by atoms with Crippen molar-refractivity contribution in [1.82, 2.24) is 5.32 Å². The number of ether oxygens (including phenoxy) is 2. The maximum atomic E-state index is 12.5. The number of carbonyl (C=O) groups excluding carboxylic acids is 1. The number of rotatable bonds is 3. The maximum Gasteiger partial charge on any atom is 0.251 e. The van der Waals surface area contributed by atoms with E-state index in [0.29, 0.717) is 24.5 Å². The molecule has 1 atom stereocenters. The molecule has 2 aromatic carbocycles. The minimum absolute atomic E-state index is 0.0904. The van der Waals surface area contributed by atoms with Crippen LogP contribution in [0, 0.1) is 13.8 Å². The zero-order valence-corrected chi connectivity index (χ0v) is 15.6. The van der Waals surface area contributed by atoms with Crippen molar-refractivity contribution in [1.29, 1.82) is 0 Å². The molecule has 3 rings (SSSR count). The standard InChI is InChI=1S/C19H20BrNO3/c1-11-4-5-14(8-12(11)2)19(22)21-13(3)15-9-17-18(10-16(15)20)24-7-6-23-17/h4-5,8-10,13H,6-7H2,1-3H3,(H,21,22). The lowest BCUT2D eigenvalue weighted by molar-refractivity contribution is 0.0939. The smallest absolute Gasteiger partial charge is 0.251 e. The number of nitrogens with one attached hydrogen (secondary N) is 1. The molecule has 1 heterocycles. The molecule has 0 fully saturated rings. The Morgan fingerprint density at radius 3 is 2.42 bits per heavy atom. The minimum atomic E-state index is -0.163. The fraction of sp³-hybridized carbons (Fsp3) is 0.316. The van der Waals surface area contributed by atoms with Crippen molar-refractivity contribution in [3.63, 3.8) is 0 Å². The predicted molar refractivity (Wildman–Crippen MR) is 96.9 cm³/mol. The van der Waals surface area contributed by atoms with E-state index in [2.05, 4.69) is 21.2 Å². The van der Waals surface area contributed by atoms with Crippen LogP contribution in [0.1, 0.15) is 40.0 Å². The molecular formula is C19H20BrNO3. The van der Waals surface area contributed by atoms with Gasteiger partial charge in [-0.3, -0.25) is 4.79 Å². The molecule has 1 unspecified atom stereocenters. The van der Waals surface area contributed by atoms with E-state index in [1.54, 1.807) is 0 Å². The maximum absolute atomic E-state index is 12.5. The van der Waals surface area contributed by atoms with Gasteiger partial charge >= 0.3 is 0 Å². The molecule has 0 aromatic heterocycles. The highest BCUT2D eigenvalue weighted by Crippen LogP contribution is 2.37. The summed E-state index contributed by atoms with van der Waals surface area (Å²) in [6.07, 6.45) is 0. The second kappa shape index (κ2) is 6.85. The van der Waals surface area contributed by atoms with Crippen LogP contribution < -0.4 is 14.8 Å². The highest BCUT2D eigenvalue weighted by molar-refractivity contribution is 9.10. The highest BCUT2D eigenvalue weighted by Gasteiger charge is 2.19. The molecule has 0 aliphatic carbocycles. The van der Waals surface area contributed by atoms with Gasteiger partial charge in [0.15, 0.2) is 11.5 Å². The van der Waals surface area contributed by atoms with E-state index >= 15 is 0 Å². The average molecular weight is 390 g/mol. The van der Waals surface area contributed by atoms with Gasteiger partial charge in [-0.25, -0.2) is 0 Å². The Balaban J connectivity index is 1.80. The first-order chi connectivity index (χ1) is 11.5. The van der Waals surface area contributed by atoms with Crippen molar-refractivity contribution in [2.45, 2.75) is 26.8 Å². The summed E-state index contributed by atoms with van der Waals surface area (Å²) < 4.78 is 12.1. The molecule has 0 spiro atoms. The van der Waals surface area contributed by atoms with Crippen LogP contribution in [0.25, 0.3) is 0 Å². The van der Waals surface area contributed by atoms with Crippen molar-refractivity contribution in [3.05, 3.63) is 57.1 Å². The van der Waals surface area contributed by atoms with Crippen molar-refractivity contribution in [3.8, 4) is 11.5 Å². The molecule has 0 radical (unpaired) electrons. The van der Waals surface area contributed by atoms with E-state index in [0.717, 1.165) is 21.3 Å². The number of carbonyl (C=O) groups is 1. The van der Waals surface area contributed by atoms with Crippen LogP contribution in [0.5, 0.6) is 11.5 Å². The van der Waals surface area contributed by atoms with Gasteiger partial charge in [-0.1, -0.05) is 22.0 Å². The van der Waals surface area contributed by atoms with Crippen LogP contribution in [0.4, 0.5) is 0 Å². The normalized spacial score (nSPS) is 14.2. The number of aryl methyl sites for hydroxylation is 2. The molecule has 24 heavy (non-hydrogen) atoms. The number of halogens is 1. The summed E-state index contributed by atoms with van der Waals surface area (Å²) >= 11 is 3.56. The lowest BCUT2D eigenvalue weighted by atomic mass is 10.0. The van der Waals surface area contributed by atoms with Crippen LogP contribution in [0.15, 0.2) is 34.8 Å².